The topological polar surface area (TPSA) is 108 Å². The summed E-state index contributed by atoms with van der Waals surface area (Å²) in [5, 5.41) is 2.50. The molecule has 3 aromatic carbocycles. The molecule has 1 N–H and O–H groups in total. The standard InChI is InChI=1S/C25H25NO7S/c1-18-8-14-22(15-9-18)34(29,30)33-21-12-10-19(11-13-21)16-23(24(27)31-2)26-25(28)32-17-20-6-4-3-5-7-20/h3-15,23H,16-17H2,1-2H3,(H,26,28)/t23-/m0/s1. The average Bonchev–Trinajstić information content (AvgIpc) is 2.83. The first-order valence-corrected chi connectivity index (χ1v) is 11.8. The van der Waals surface area contributed by atoms with Crippen LogP contribution in [0.3, 0.4) is 0 Å². The number of hydrogen-bond acceptors (Lipinski definition) is 7. The number of rotatable bonds is 9. The van der Waals surface area contributed by atoms with Crippen LogP contribution in [0.4, 0.5) is 4.79 Å². The Morgan fingerprint density at radius 1 is 0.882 bits per heavy atom. The fourth-order valence-electron chi connectivity index (χ4n) is 3.04. The zero-order valence-electron chi connectivity index (χ0n) is 18.8. The van der Waals surface area contributed by atoms with Crippen LogP contribution < -0.4 is 9.50 Å². The lowest BCUT2D eigenvalue weighted by atomic mass is 10.1. The largest absolute Gasteiger partial charge is 0.467 e. The zero-order valence-corrected chi connectivity index (χ0v) is 19.6. The van der Waals surface area contributed by atoms with Crippen molar-refractivity contribution in [1.82, 2.24) is 5.32 Å². The van der Waals surface area contributed by atoms with E-state index in [1.807, 2.05) is 37.3 Å². The fourth-order valence-corrected chi connectivity index (χ4v) is 3.97. The van der Waals surface area contributed by atoms with E-state index in [4.69, 9.17) is 13.7 Å². The minimum Gasteiger partial charge on any atom is -0.467 e. The summed E-state index contributed by atoms with van der Waals surface area (Å²) in [5.41, 5.74) is 2.39. The summed E-state index contributed by atoms with van der Waals surface area (Å²) in [6, 6.07) is 20.6. The van der Waals surface area contributed by atoms with Gasteiger partial charge in [-0.05, 0) is 42.3 Å². The van der Waals surface area contributed by atoms with Crippen molar-refractivity contribution >= 4 is 22.2 Å². The summed E-state index contributed by atoms with van der Waals surface area (Å²) in [6.07, 6.45) is -0.652. The molecular formula is C25H25NO7S. The van der Waals surface area contributed by atoms with Crippen LogP contribution in [0.5, 0.6) is 5.75 Å². The average molecular weight is 484 g/mol. The predicted octanol–water partition coefficient (Wildman–Crippen LogP) is 3.77. The molecule has 0 saturated carbocycles. The first-order chi connectivity index (χ1) is 16.3. The molecule has 178 valence electrons. The third-order valence-electron chi connectivity index (χ3n) is 4.87. The Morgan fingerprint density at radius 2 is 1.53 bits per heavy atom. The van der Waals surface area contributed by atoms with Gasteiger partial charge in [0.05, 0.1) is 7.11 Å². The van der Waals surface area contributed by atoms with Crippen LogP contribution in [-0.2, 0) is 37.4 Å². The number of carbonyl (C=O) groups is 2. The summed E-state index contributed by atoms with van der Waals surface area (Å²) < 4.78 is 40.0. The van der Waals surface area contributed by atoms with Crippen LogP contribution >= 0.6 is 0 Å². The van der Waals surface area contributed by atoms with Crippen LogP contribution in [0.15, 0.2) is 83.8 Å². The Bertz CT molecular complexity index is 1210. The van der Waals surface area contributed by atoms with Gasteiger partial charge in [-0.25, -0.2) is 9.59 Å². The van der Waals surface area contributed by atoms with Crippen molar-refractivity contribution in [3.63, 3.8) is 0 Å². The number of esters is 1. The molecule has 0 unspecified atom stereocenters. The second-order valence-electron chi connectivity index (χ2n) is 7.48. The second kappa shape index (κ2) is 11.3. The Hall–Kier alpha value is -3.85. The number of nitrogens with one attached hydrogen (secondary N) is 1. The van der Waals surface area contributed by atoms with E-state index in [9.17, 15) is 18.0 Å². The van der Waals surface area contributed by atoms with Crippen molar-refractivity contribution in [3.05, 3.63) is 95.6 Å². The van der Waals surface area contributed by atoms with Gasteiger partial charge in [0.25, 0.3) is 0 Å². The Morgan fingerprint density at radius 3 is 2.15 bits per heavy atom. The highest BCUT2D eigenvalue weighted by molar-refractivity contribution is 7.87. The van der Waals surface area contributed by atoms with Crippen LogP contribution in [0.1, 0.15) is 16.7 Å². The molecule has 0 saturated heterocycles. The fraction of sp³-hybridized carbons (Fsp3) is 0.200. The Labute approximate surface area is 198 Å². The molecule has 8 nitrogen and oxygen atoms in total. The SMILES string of the molecule is COC(=O)[C@H](Cc1ccc(OS(=O)(=O)c2ccc(C)cc2)cc1)NC(=O)OCc1ccccc1. The van der Waals surface area contributed by atoms with E-state index in [1.54, 1.807) is 24.3 Å². The molecule has 0 bridgehead atoms. The summed E-state index contributed by atoms with van der Waals surface area (Å²) in [4.78, 5) is 24.4. The van der Waals surface area contributed by atoms with E-state index in [1.165, 1.54) is 31.4 Å². The maximum Gasteiger partial charge on any atom is 0.408 e. The molecular weight excluding hydrogens is 458 g/mol. The monoisotopic (exact) mass is 483 g/mol. The van der Waals surface area contributed by atoms with Crippen LogP contribution in [0.25, 0.3) is 0 Å². The lowest BCUT2D eigenvalue weighted by Gasteiger charge is -2.17. The van der Waals surface area contributed by atoms with Gasteiger partial charge in [0.2, 0.25) is 0 Å². The smallest absolute Gasteiger partial charge is 0.408 e. The lowest BCUT2D eigenvalue weighted by Crippen LogP contribution is -2.43. The Kier molecular flexibility index (Phi) is 8.26. The molecule has 3 rings (SSSR count). The number of benzene rings is 3. The number of methoxy groups -OCH3 is 1. The van der Waals surface area contributed by atoms with Gasteiger partial charge in [0.15, 0.2) is 0 Å². The first-order valence-electron chi connectivity index (χ1n) is 10.4. The van der Waals surface area contributed by atoms with Gasteiger partial charge >= 0.3 is 22.2 Å². The first kappa shape index (κ1) is 24.8. The van der Waals surface area contributed by atoms with Crippen molar-refractivity contribution in [3.8, 4) is 5.75 Å². The minimum atomic E-state index is -3.98. The highest BCUT2D eigenvalue weighted by Crippen LogP contribution is 2.20. The highest BCUT2D eigenvalue weighted by Gasteiger charge is 2.23. The number of carbonyl (C=O) groups excluding carboxylic acids is 2. The third-order valence-corrected chi connectivity index (χ3v) is 6.13. The molecule has 1 amide bonds. The van der Waals surface area contributed by atoms with Crippen molar-refractivity contribution in [2.24, 2.45) is 0 Å². The number of alkyl carbamates (subject to hydrolysis) is 1. The van der Waals surface area contributed by atoms with E-state index in [2.05, 4.69) is 5.32 Å². The van der Waals surface area contributed by atoms with Crippen molar-refractivity contribution in [2.45, 2.75) is 30.9 Å². The molecule has 0 aliphatic heterocycles. The number of hydrogen-bond donors (Lipinski definition) is 1. The Balaban J connectivity index is 1.61. The molecule has 0 aromatic heterocycles. The minimum absolute atomic E-state index is 0.0474. The third kappa shape index (κ3) is 7.08. The van der Waals surface area contributed by atoms with Crippen LogP contribution in [-0.4, -0.2) is 33.6 Å². The van der Waals surface area contributed by atoms with Crippen molar-refractivity contribution in [2.75, 3.05) is 7.11 Å². The summed E-state index contributed by atoms with van der Waals surface area (Å²) in [6.45, 7) is 1.91. The van der Waals surface area contributed by atoms with E-state index in [-0.39, 0.29) is 23.7 Å². The summed E-state index contributed by atoms with van der Waals surface area (Å²) in [7, 11) is -2.75. The normalized spacial score (nSPS) is 11.8. The molecule has 0 aliphatic rings. The summed E-state index contributed by atoms with van der Waals surface area (Å²) >= 11 is 0. The molecule has 3 aromatic rings. The van der Waals surface area contributed by atoms with Crippen molar-refractivity contribution in [1.29, 1.82) is 0 Å². The molecule has 1 atom stereocenters. The molecule has 0 spiro atoms. The van der Waals surface area contributed by atoms with Gasteiger partial charge in [-0.3, -0.25) is 0 Å². The quantitative estimate of drug-likeness (QED) is 0.365. The highest BCUT2D eigenvalue weighted by atomic mass is 32.2. The van der Waals surface area contributed by atoms with Gasteiger partial charge in [-0.15, -0.1) is 0 Å². The predicted molar refractivity (Wildman–Crippen MR) is 125 cm³/mol. The van der Waals surface area contributed by atoms with E-state index < -0.39 is 28.2 Å². The molecule has 0 aliphatic carbocycles. The molecule has 0 radical (unpaired) electrons. The number of ether oxygens (including phenoxy) is 2. The number of aryl methyl sites for hydroxylation is 1. The second-order valence-corrected chi connectivity index (χ2v) is 9.03. The van der Waals surface area contributed by atoms with Gasteiger partial charge in [-0.2, -0.15) is 8.42 Å². The zero-order chi connectivity index (χ0) is 24.6. The molecule has 34 heavy (non-hydrogen) atoms. The van der Waals surface area contributed by atoms with Gasteiger partial charge in [0.1, 0.15) is 23.3 Å². The lowest BCUT2D eigenvalue weighted by molar-refractivity contribution is -0.143. The maximum absolute atomic E-state index is 12.4. The van der Waals surface area contributed by atoms with Gasteiger partial charge < -0.3 is 19.0 Å². The van der Waals surface area contributed by atoms with Crippen LogP contribution in [0.2, 0.25) is 0 Å². The summed E-state index contributed by atoms with van der Waals surface area (Å²) in [5.74, 6) is -0.520. The molecule has 0 heterocycles. The number of amides is 1. The molecule has 9 heteroatoms. The molecule has 0 fully saturated rings. The van der Waals surface area contributed by atoms with E-state index >= 15 is 0 Å². The van der Waals surface area contributed by atoms with Gasteiger partial charge in [0, 0.05) is 6.42 Å². The van der Waals surface area contributed by atoms with Crippen LogP contribution in [0, 0.1) is 6.92 Å². The van der Waals surface area contributed by atoms with Crippen molar-refractivity contribution < 1.29 is 31.7 Å². The maximum atomic E-state index is 12.4. The van der Waals surface area contributed by atoms with E-state index in [0.717, 1.165) is 11.1 Å². The van der Waals surface area contributed by atoms with E-state index in [0.29, 0.717) is 5.56 Å². The van der Waals surface area contributed by atoms with Gasteiger partial charge in [-0.1, -0.05) is 60.2 Å².